The van der Waals surface area contributed by atoms with E-state index in [1.165, 1.54) is 16.7 Å². The first kappa shape index (κ1) is 56.8. The van der Waals surface area contributed by atoms with Crippen molar-refractivity contribution in [2.75, 3.05) is 9.80 Å². The minimum absolute atomic E-state index is 0. The van der Waals surface area contributed by atoms with Gasteiger partial charge in [-0.1, -0.05) is 212 Å². The Kier molecular flexibility index (Phi) is 15.0. The molecule has 5 heterocycles. The van der Waals surface area contributed by atoms with Crippen LogP contribution in [-0.2, 0) is 51.0 Å². The zero-order valence-corrected chi connectivity index (χ0v) is 51.2. The van der Waals surface area contributed by atoms with Crippen LogP contribution in [0.2, 0.25) is 10.6 Å². The summed E-state index contributed by atoms with van der Waals surface area (Å²) >= 11 is 0. The second-order valence-corrected chi connectivity index (χ2v) is 26.6. The Balaban J connectivity index is 0.00000720. The van der Waals surface area contributed by atoms with Gasteiger partial charge in [-0.3, -0.25) is 0 Å². The first-order valence-electron chi connectivity index (χ1n) is 27.7. The second-order valence-electron chi connectivity index (χ2n) is 26.6. The standard InChI is InChI=1S/C67H71B3N5O4.Pt/c1-63(2,3)47-32-33-72-61(38-47)75-57-31-28-45(44-22-17-16-18-23-44)36-55(57)54-30-29-51(40-60(54)75)76-52-39-50(41-71-42-52)73-43-74(59-27-20-19-26-58(59)73)62-53(46-34-48(64(4,5)6)37-49(35-46)65(7,8)9)24-21-25-56(62)68-77-69(66(10,11)12)79-70(78-68)67(13,14)15;/h16-38,41-43H,1-15H3;/q-3;. The van der Waals surface area contributed by atoms with Gasteiger partial charge < -0.3 is 37.8 Å². The van der Waals surface area contributed by atoms with Gasteiger partial charge in [0.05, 0.1) is 0 Å². The van der Waals surface area contributed by atoms with Crippen molar-refractivity contribution in [2.45, 2.75) is 131 Å². The van der Waals surface area contributed by atoms with Gasteiger partial charge in [0.2, 0.25) is 0 Å². The van der Waals surface area contributed by atoms with Gasteiger partial charge in [0.15, 0.2) is 0 Å². The molecule has 9 aromatic rings. The minimum atomic E-state index is -0.763. The molecule has 1 fully saturated rings. The number of anilines is 4. The Morgan fingerprint density at radius 3 is 1.80 bits per heavy atom. The molecule has 13 heteroatoms. The Hall–Kier alpha value is -6.42. The molecule has 9 nitrogen and oxygen atoms in total. The average molecular weight is 1240 g/mol. The maximum Gasteiger partial charge on any atom is 0.468 e. The van der Waals surface area contributed by atoms with Gasteiger partial charge in [-0.15, -0.1) is 30.3 Å². The van der Waals surface area contributed by atoms with Crippen molar-refractivity contribution >= 4 is 71.4 Å². The number of aromatic nitrogens is 3. The van der Waals surface area contributed by atoms with Crippen LogP contribution in [0.25, 0.3) is 49.9 Å². The number of hydrogen-bond donors (Lipinski definition) is 0. The minimum Gasteiger partial charge on any atom is -0.508 e. The fraction of sp³-hybridized carbons (Fsp3) is 0.299. The van der Waals surface area contributed by atoms with Gasteiger partial charge in [-0.25, -0.2) is 4.98 Å². The van der Waals surface area contributed by atoms with Crippen LogP contribution in [0.1, 0.15) is 121 Å². The van der Waals surface area contributed by atoms with Gasteiger partial charge in [-0.2, -0.15) is 6.07 Å². The van der Waals surface area contributed by atoms with E-state index in [-0.39, 0.29) is 47.9 Å². The van der Waals surface area contributed by atoms with Gasteiger partial charge in [0, 0.05) is 72.4 Å². The Bertz CT molecular complexity index is 3700. The number of benzene rings is 6. The number of nitrogens with zero attached hydrogens (tertiary/aromatic N) is 5. The number of rotatable bonds is 8. The molecule has 1 saturated heterocycles. The summed E-state index contributed by atoms with van der Waals surface area (Å²) in [6, 6.07) is 54.8. The molecular formula is C67H71B3N5O4Pt-3. The predicted molar refractivity (Wildman–Crippen MR) is 329 cm³/mol. The molecule has 6 aromatic carbocycles. The second kappa shape index (κ2) is 21.2. The molecular weight excluding hydrogens is 1170 g/mol. The van der Waals surface area contributed by atoms with E-state index >= 15 is 0 Å². The van der Waals surface area contributed by atoms with Crippen LogP contribution in [0.5, 0.6) is 11.5 Å². The molecule has 0 bridgehead atoms. The fourth-order valence-electron chi connectivity index (χ4n) is 10.5. The number of pyridine rings is 2. The van der Waals surface area contributed by atoms with Crippen LogP contribution in [-0.4, -0.2) is 35.9 Å². The van der Waals surface area contributed by atoms with Crippen molar-refractivity contribution in [1.82, 2.24) is 14.5 Å². The van der Waals surface area contributed by atoms with Gasteiger partial charge >= 0.3 is 21.4 Å². The fourth-order valence-corrected chi connectivity index (χ4v) is 10.5. The Morgan fingerprint density at radius 2 is 1.16 bits per heavy atom. The largest absolute Gasteiger partial charge is 0.508 e. The maximum atomic E-state index is 6.96. The summed E-state index contributed by atoms with van der Waals surface area (Å²) < 4.78 is 29.5. The summed E-state index contributed by atoms with van der Waals surface area (Å²) in [5, 5.41) is 1.47. The third-order valence-corrected chi connectivity index (χ3v) is 15.0. The van der Waals surface area contributed by atoms with Gasteiger partial charge in [0.25, 0.3) is 0 Å². The monoisotopic (exact) mass is 1240 g/mol. The van der Waals surface area contributed by atoms with Crippen LogP contribution in [0.3, 0.4) is 0 Å². The van der Waals surface area contributed by atoms with E-state index in [9.17, 15) is 0 Å². The summed E-state index contributed by atoms with van der Waals surface area (Å²) in [4.78, 5) is 14.2. The smallest absolute Gasteiger partial charge is 0.468 e. The number of para-hydroxylation sites is 3. The molecule has 11 rings (SSSR count). The van der Waals surface area contributed by atoms with E-state index in [0.29, 0.717) is 17.2 Å². The van der Waals surface area contributed by atoms with Crippen molar-refractivity contribution < 1.29 is 39.5 Å². The molecule has 410 valence electrons. The third-order valence-electron chi connectivity index (χ3n) is 15.0. The molecule has 0 saturated carbocycles. The van der Waals surface area contributed by atoms with Crippen molar-refractivity contribution in [3.63, 3.8) is 0 Å². The normalized spacial score (nSPS) is 14.5. The van der Waals surface area contributed by atoms with Crippen molar-refractivity contribution in [3.8, 4) is 39.6 Å². The Labute approximate surface area is 490 Å². The maximum absolute atomic E-state index is 6.96. The number of ether oxygens (including phenoxy) is 1. The Morgan fingerprint density at radius 1 is 0.525 bits per heavy atom. The molecule has 0 radical (unpaired) electrons. The summed E-state index contributed by atoms with van der Waals surface area (Å²) in [7, 11) is -1.84. The molecule has 0 aliphatic carbocycles. The van der Waals surface area contributed by atoms with Crippen molar-refractivity contribution in [3.05, 3.63) is 188 Å². The van der Waals surface area contributed by atoms with E-state index in [1.54, 1.807) is 6.20 Å². The third kappa shape index (κ3) is 11.2. The SMILES string of the molecule is CC(C)(C)B1OB(c2cccc(-c3cc(C(C)(C)C)cc(C(C)(C)C)c3)c2N2[CH-]N(c3[c-]c(Oc4[c-]c5c(cc4)c4cc(-c6ccccc6)ccc4n5-c4cc(C(C)(C)C)ccn4)cnc3)c3ccccc32)OB(C(C)(C)C)O1.[Pt]. The van der Waals surface area contributed by atoms with E-state index in [4.69, 9.17) is 28.4 Å². The quantitative estimate of drug-likeness (QED) is 0.110. The number of fused-ring (bicyclic) bond motifs is 4. The molecule has 0 amide bonds. The van der Waals surface area contributed by atoms with E-state index < -0.39 is 21.4 Å². The summed E-state index contributed by atoms with van der Waals surface area (Å²) in [5.41, 5.74) is 14.2. The molecule has 2 aliphatic heterocycles. The average Bonchev–Trinajstić information content (AvgIpc) is 4.07. The number of hydrogen-bond acceptors (Lipinski definition) is 8. The molecule has 0 atom stereocenters. The predicted octanol–water partition coefficient (Wildman–Crippen LogP) is 16.9. The van der Waals surface area contributed by atoms with Crippen LogP contribution < -0.4 is 20.0 Å². The molecule has 0 spiro atoms. The molecule has 0 N–H and O–H groups in total. The zero-order chi connectivity index (χ0) is 56.0. The molecule has 2 aliphatic rings. The van der Waals surface area contributed by atoms with Crippen LogP contribution in [0.4, 0.5) is 22.7 Å². The van der Waals surface area contributed by atoms with E-state index in [2.05, 4.69) is 258 Å². The summed E-state index contributed by atoms with van der Waals surface area (Å²) in [6.45, 7) is 35.4. The van der Waals surface area contributed by atoms with Gasteiger partial charge in [0.1, 0.15) is 5.82 Å². The van der Waals surface area contributed by atoms with Crippen LogP contribution in [0, 0.1) is 18.8 Å². The first-order chi connectivity index (χ1) is 37.3. The molecule has 3 aromatic heterocycles. The van der Waals surface area contributed by atoms with Crippen molar-refractivity contribution in [1.29, 1.82) is 0 Å². The summed E-state index contributed by atoms with van der Waals surface area (Å²) in [6.07, 6.45) is 5.43. The van der Waals surface area contributed by atoms with Crippen LogP contribution >= 0.6 is 0 Å². The zero-order valence-electron chi connectivity index (χ0n) is 48.9. The summed E-state index contributed by atoms with van der Waals surface area (Å²) in [5.74, 6) is 1.79. The molecule has 0 unspecified atom stereocenters. The van der Waals surface area contributed by atoms with E-state index in [0.717, 1.165) is 72.4 Å². The topological polar surface area (TPSA) is 74.1 Å². The van der Waals surface area contributed by atoms with Gasteiger partial charge in [-0.05, 0) is 102 Å². The van der Waals surface area contributed by atoms with Crippen LogP contribution in [0.15, 0.2) is 152 Å². The first-order valence-corrected chi connectivity index (χ1v) is 27.7. The van der Waals surface area contributed by atoms with E-state index in [1.807, 2.05) is 24.5 Å². The molecule has 80 heavy (non-hydrogen) atoms. The van der Waals surface area contributed by atoms with Crippen molar-refractivity contribution in [2.24, 2.45) is 0 Å².